The molecule has 2 heterocycles. The van der Waals surface area contributed by atoms with Crippen molar-refractivity contribution in [2.75, 3.05) is 12.0 Å². The van der Waals surface area contributed by atoms with Crippen LogP contribution in [-0.2, 0) is 17.4 Å². The van der Waals surface area contributed by atoms with Gasteiger partial charge in [-0.15, -0.1) is 0 Å². The van der Waals surface area contributed by atoms with Crippen molar-refractivity contribution in [2.24, 2.45) is 11.0 Å². The maximum Gasteiger partial charge on any atom is 0.416 e. The number of alkyl halides is 3. The Labute approximate surface area is 158 Å². The van der Waals surface area contributed by atoms with Crippen LogP contribution in [-0.4, -0.2) is 23.1 Å². The van der Waals surface area contributed by atoms with E-state index in [1.54, 1.807) is 19.1 Å². The zero-order valence-corrected chi connectivity index (χ0v) is 15.0. The van der Waals surface area contributed by atoms with E-state index >= 15 is 0 Å². The van der Waals surface area contributed by atoms with Gasteiger partial charge in [-0.3, -0.25) is 10.2 Å². The first kappa shape index (κ1) is 19.8. The summed E-state index contributed by atoms with van der Waals surface area (Å²) in [6.45, 7) is 2.26. The maximum absolute atomic E-state index is 13.6. The molecule has 9 heteroatoms. The lowest BCUT2D eigenvalue weighted by molar-refractivity contribution is -0.137. The second kappa shape index (κ2) is 7.95. The molecule has 1 amide bonds. The smallest absolute Gasteiger partial charge is 0.355 e. The number of hydrogen-bond donors (Lipinski definition) is 2. The van der Waals surface area contributed by atoms with E-state index in [2.05, 4.69) is 20.8 Å². The molecule has 5 nitrogen and oxygen atoms in total. The minimum Gasteiger partial charge on any atom is -0.355 e. The summed E-state index contributed by atoms with van der Waals surface area (Å²) in [6, 6.07) is 5.73. The molecule has 148 valence electrons. The normalized spacial score (nSPS) is 18.8. The largest absolute Gasteiger partial charge is 0.416 e. The Kier molecular flexibility index (Phi) is 5.62. The predicted molar refractivity (Wildman–Crippen MR) is 96.3 cm³/mol. The number of hydrazone groups is 1. The van der Waals surface area contributed by atoms with Crippen LogP contribution in [0, 0.1) is 11.7 Å². The van der Waals surface area contributed by atoms with E-state index in [1.807, 2.05) is 0 Å². The quantitative estimate of drug-likeness (QED) is 0.613. The lowest BCUT2D eigenvalue weighted by atomic mass is 9.98. The highest BCUT2D eigenvalue weighted by molar-refractivity contribution is 6.06. The molecule has 1 atom stereocenters. The Morgan fingerprint density at radius 3 is 2.79 bits per heavy atom. The zero-order chi connectivity index (χ0) is 20.3. The molecule has 1 aliphatic rings. The number of anilines is 1. The minimum absolute atomic E-state index is 0.0971. The van der Waals surface area contributed by atoms with Crippen molar-refractivity contribution in [1.82, 2.24) is 10.3 Å². The lowest BCUT2D eigenvalue weighted by Crippen LogP contribution is -2.41. The Balaban J connectivity index is 1.75. The number of piperidine rings is 1. The van der Waals surface area contributed by atoms with Crippen LogP contribution < -0.4 is 10.7 Å². The molecule has 1 aromatic carbocycles. The fourth-order valence-electron chi connectivity index (χ4n) is 2.91. The molecule has 0 spiro atoms. The molecular formula is C19H18F4N4O. The fraction of sp³-hybridized carbons (Fsp3) is 0.316. The van der Waals surface area contributed by atoms with Gasteiger partial charge in [0.2, 0.25) is 5.91 Å². The third-order valence-electron chi connectivity index (χ3n) is 4.41. The van der Waals surface area contributed by atoms with Crippen LogP contribution in [0.5, 0.6) is 0 Å². The number of amides is 1. The highest BCUT2D eigenvalue weighted by Crippen LogP contribution is 2.31. The summed E-state index contributed by atoms with van der Waals surface area (Å²) in [4.78, 5) is 15.8. The molecule has 0 aliphatic carbocycles. The maximum atomic E-state index is 13.6. The first-order valence-electron chi connectivity index (χ1n) is 8.64. The predicted octanol–water partition coefficient (Wildman–Crippen LogP) is 3.75. The van der Waals surface area contributed by atoms with Gasteiger partial charge >= 0.3 is 6.18 Å². The van der Waals surface area contributed by atoms with Gasteiger partial charge in [0, 0.05) is 19.2 Å². The van der Waals surface area contributed by atoms with Crippen molar-refractivity contribution in [3.05, 3.63) is 59.0 Å². The second-order valence-corrected chi connectivity index (χ2v) is 6.55. The van der Waals surface area contributed by atoms with E-state index in [4.69, 9.17) is 0 Å². The molecule has 1 saturated heterocycles. The molecule has 0 bridgehead atoms. The van der Waals surface area contributed by atoms with Gasteiger partial charge in [-0.05, 0) is 54.8 Å². The van der Waals surface area contributed by atoms with Gasteiger partial charge in [0.15, 0.2) is 0 Å². The number of carbonyl (C=O) groups is 1. The number of halogens is 4. The van der Waals surface area contributed by atoms with E-state index in [0.29, 0.717) is 36.1 Å². The molecule has 2 N–H and O–H groups in total. The summed E-state index contributed by atoms with van der Waals surface area (Å²) in [5.41, 5.74) is 3.30. The first-order valence-corrected chi connectivity index (χ1v) is 8.64. The number of nitrogens with one attached hydrogen (secondary N) is 2. The van der Waals surface area contributed by atoms with E-state index in [9.17, 15) is 22.4 Å². The van der Waals surface area contributed by atoms with E-state index in [-0.39, 0.29) is 23.8 Å². The van der Waals surface area contributed by atoms with Crippen molar-refractivity contribution in [3.63, 3.8) is 0 Å². The van der Waals surface area contributed by atoms with Gasteiger partial charge in [-0.1, -0.05) is 0 Å². The Morgan fingerprint density at radius 1 is 1.25 bits per heavy atom. The molecule has 28 heavy (non-hydrogen) atoms. The summed E-state index contributed by atoms with van der Waals surface area (Å²) in [5, 5.41) is 6.97. The molecule has 2 aromatic rings. The molecule has 1 aromatic heterocycles. The number of carbonyl (C=O) groups excluding carboxylic acids is 1. The highest BCUT2D eigenvalue weighted by Gasteiger charge is 2.31. The number of benzene rings is 1. The Bertz CT molecular complexity index is 911. The highest BCUT2D eigenvalue weighted by atomic mass is 19.4. The third-order valence-corrected chi connectivity index (χ3v) is 4.41. The van der Waals surface area contributed by atoms with Crippen LogP contribution in [0.25, 0.3) is 0 Å². The summed E-state index contributed by atoms with van der Waals surface area (Å²) in [6.07, 6.45) is -2.41. The number of aromatic nitrogens is 1. The minimum atomic E-state index is -4.61. The first-order chi connectivity index (χ1) is 13.2. The fourth-order valence-corrected chi connectivity index (χ4v) is 2.91. The molecule has 1 unspecified atom stereocenters. The molecule has 1 fully saturated rings. The van der Waals surface area contributed by atoms with Crippen molar-refractivity contribution in [2.45, 2.75) is 25.9 Å². The summed E-state index contributed by atoms with van der Waals surface area (Å²) < 4.78 is 52.1. The van der Waals surface area contributed by atoms with Crippen LogP contribution in [0.15, 0.2) is 41.6 Å². The average molecular weight is 394 g/mol. The van der Waals surface area contributed by atoms with Crippen molar-refractivity contribution in [1.29, 1.82) is 0 Å². The molecule has 1 aliphatic heterocycles. The van der Waals surface area contributed by atoms with E-state index in [1.165, 1.54) is 6.20 Å². The molecule has 0 saturated carbocycles. The van der Waals surface area contributed by atoms with Crippen molar-refractivity contribution >= 4 is 17.4 Å². The lowest BCUT2D eigenvalue weighted by Gasteiger charge is -2.20. The number of nitrogens with zero attached hydrogens (tertiary/aromatic N) is 2. The van der Waals surface area contributed by atoms with Gasteiger partial charge in [0.05, 0.1) is 17.2 Å². The third kappa shape index (κ3) is 4.85. The van der Waals surface area contributed by atoms with Crippen LogP contribution in [0.1, 0.15) is 30.0 Å². The van der Waals surface area contributed by atoms with Crippen LogP contribution in [0.2, 0.25) is 0 Å². The van der Waals surface area contributed by atoms with E-state index in [0.717, 1.165) is 12.1 Å². The summed E-state index contributed by atoms with van der Waals surface area (Å²) in [7, 11) is 0. The van der Waals surface area contributed by atoms with Gasteiger partial charge in [0.1, 0.15) is 11.6 Å². The summed E-state index contributed by atoms with van der Waals surface area (Å²) in [5.74, 6) is -0.999. The van der Waals surface area contributed by atoms with Gasteiger partial charge < -0.3 is 5.32 Å². The Hall–Kier alpha value is -2.97. The van der Waals surface area contributed by atoms with Crippen LogP contribution in [0.4, 0.5) is 23.4 Å². The van der Waals surface area contributed by atoms with Crippen LogP contribution >= 0.6 is 0 Å². The Morgan fingerprint density at radius 2 is 2.04 bits per heavy atom. The SMILES string of the molecule is CC1C(=O)NCC/C1=N/Nc1cc(Cc2cc(F)cc(C(F)(F)F)c2)ccn1. The monoisotopic (exact) mass is 394 g/mol. The zero-order valence-electron chi connectivity index (χ0n) is 15.0. The van der Waals surface area contributed by atoms with Crippen molar-refractivity contribution in [3.8, 4) is 0 Å². The number of pyridine rings is 1. The van der Waals surface area contributed by atoms with E-state index < -0.39 is 17.6 Å². The van der Waals surface area contributed by atoms with Gasteiger partial charge in [-0.25, -0.2) is 9.37 Å². The van der Waals surface area contributed by atoms with Gasteiger partial charge in [0.25, 0.3) is 0 Å². The molecule has 0 radical (unpaired) electrons. The molecular weight excluding hydrogens is 376 g/mol. The van der Waals surface area contributed by atoms with Crippen LogP contribution in [0.3, 0.4) is 0 Å². The van der Waals surface area contributed by atoms with Crippen molar-refractivity contribution < 1.29 is 22.4 Å². The summed E-state index contributed by atoms with van der Waals surface area (Å²) >= 11 is 0. The average Bonchev–Trinajstić information content (AvgIpc) is 2.62. The number of rotatable bonds is 4. The topological polar surface area (TPSA) is 66.4 Å². The number of hydrogen-bond acceptors (Lipinski definition) is 4. The molecule has 3 rings (SSSR count). The second-order valence-electron chi connectivity index (χ2n) is 6.55. The standard InChI is InChI=1S/C19H18F4N4O/c1-11-16(3-5-25-18(11)28)26-27-17-9-12(2-4-24-17)6-13-7-14(19(21,22)23)10-15(20)8-13/h2,4,7-11H,3,5-6H2,1H3,(H,24,27)(H,25,28)/b26-16-. The van der Waals surface area contributed by atoms with Gasteiger partial charge in [-0.2, -0.15) is 18.3 Å².